The van der Waals surface area contributed by atoms with Crippen molar-refractivity contribution in [2.24, 2.45) is 0 Å². The van der Waals surface area contributed by atoms with E-state index in [1.807, 2.05) is 30.0 Å². The summed E-state index contributed by atoms with van der Waals surface area (Å²) in [5, 5.41) is 0. The van der Waals surface area contributed by atoms with E-state index in [2.05, 4.69) is 15.9 Å². The fourth-order valence-corrected chi connectivity index (χ4v) is 2.72. The largest absolute Gasteiger partial charge is 0.294 e. The highest BCUT2D eigenvalue weighted by atomic mass is 79.9. The first-order valence-electron chi connectivity index (χ1n) is 4.17. The molecule has 3 heteroatoms. The molecule has 0 unspecified atom stereocenters. The van der Waals surface area contributed by atoms with Crippen LogP contribution in [0.3, 0.4) is 0 Å². The number of halogens is 1. The van der Waals surface area contributed by atoms with Gasteiger partial charge < -0.3 is 0 Å². The molecule has 0 aromatic heterocycles. The van der Waals surface area contributed by atoms with Crippen LogP contribution in [0.15, 0.2) is 22.7 Å². The van der Waals surface area contributed by atoms with Gasteiger partial charge in [-0.2, -0.15) is 11.8 Å². The molecule has 0 atom stereocenters. The molecule has 1 aromatic carbocycles. The van der Waals surface area contributed by atoms with Crippen LogP contribution in [0.5, 0.6) is 0 Å². The van der Waals surface area contributed by atoms with Crippen LogP contribution in [0.4, 0.5) is 0 Å². The van der Waals surface area contributed by atoms with Gasteiger partial charge in [-0.15, -0.1) is 0 Å². The van der Waals surface area contributed by atoms with Crippen molar-refractivity contribution >= 4 is 33.5 Å². The molecule has 0 saturated heterocycles. The zero-order valence-electron chi connectivity index (χ0n) is 7.05. The Bertz CT molecular complexity index is 349. The minimum Gasteiger partial charge on any atom is -0.294 e. The van der Waals surface area contributed by atoms with E-state index in [1.54, 1.807) is 0 Å². The summed E-state index contributed by atoms with van der Waals surface area (Å²) in [6, 6.07) is 5.97. The van der Waals surface area contributed by atoms with Gasteiger partial charge in [0.15, 0.2) is 5.78 Å². The molecule has 68 valence electrons. The zero-order valence-corrected chi connectivity index (χ0v) is 9.45. The number of ketones is 1. The number of benzene rings is 1. The van der Waals surface area contributed by atoms with E-state index in [9.17, 15) is 4.79 Å². The van der Waals surface area contributed by atoms with Gasteiger partial charge in [0.25, 0.3) is 0 Å². The van der Waals surface area contributed by atoms with E-state index in [1.165, 1.54) is 5.56 Å². The van der Waals surface area contributed by atoms with Crippen molar-refractivity contribution < 1.29 is 4.79 Å². The molecule has 13 heavy (non-hydrogen) atoms. The van der Waals surface area contributed by atoms with Gasteiger partial charge in [0.1, 0.15) is 0 Å². The Morgan fingerprint density at radius 2 is 2.23 bits per heavy atom. The Kier molecular flexibility index (Phi) is 2.74. The third kappa shape index (κ3) is 1.97. The van der Waals surface area contributed by atoms with E-state index >= 15 is 0 Å². The maximum Gasteiger partial charge on any atom is 0.164 e. The fraction of sp³-hybridized carbons (Fsp3) is 0.300. The first kappa shape index (κ1) is 9.28. The first-order chi connectivity index (χ1) is 6.27. The highest BCUT2D eigenvalue weighted by Crippen LogP contribution is 2.26. The highest BCUT2D eigenvalue weighted by molar-refractivity contribution is 9.10. The monoisotopic (exact) mass is 256 g/mol. The second kappa shape index (κ2) is 3.84. The molecular formula is C10H9BrOS. The molecule has 1 aliphatic rings. The van der Waals surface area contributed by atoms with Gasteiger partial charge in [-0.05, 0) is 17.7 Å². The first-order valence-corrected chi connectivity index (χ1v) is 6.11. The fourth-order valence-electron chi connectivity index (χ4n) is 1.42. The van der Waals surface area contributed by atoms with Crippen LogP contribution in [-0.4, -0.2) is 11.5 Å². The van der Waals surface area contributed by atoms with Gasteiger partial charge in [0.2, 0.25) is 0 Å². The molecule has 1 aliphatic heterocycles. The summed E-state index contributed by atoms with van der Waals surface area (Å²) >= 11 is 5.22. The summed E-state index contributed by atoms with van der Waals surface area (Å²) in [5.74, 6) is 2.20. The number of thioether (sulfide) groups is 1. The molecule has 0 spiro atoms. The third-order valence-corrected chi connectivity index (χ3v) is 3.60. The molecule has 1 heterocycles. The maximum absolute atomic E-state index is 11.6. The lowest BCUT2D eigenvalue weighted by atomic mass is 10.0. The van der Waals surface area contributed by atoms with Crippen molar-refractivity contribution in [1.82, 2.24) is 0 Å². The van der Waals surface area contributed by atoms with Crippen LogP contribution in [0.1, 0.15) is 22.3 Å². The van der Waals surface area contributed by atoms with Crippen LogP contribution in [0, 0.1) is 0 Å². The standard InChI is InChI=1S/C10H9BrOS/c11-8-2-1-7-6-13-4-3-10(12)9(7)5-8/h1-2,5H,3-4,6H2. The van der Waals surface area contributed by atoms with E-state index in [0.29, 0.717) is 6.42 Å². The number of hydrogen-bond donors (Lipinski definition) is 0. The van der Waals surface area contributed by atoms with Gasteiger partial charge in [-0.3, -0.25) is 4.79 Å². The van der Waals surface area contributed by atoms with Gasteiger partial charge >= 0.3 is 0 Å². The third-order valence-electron chi connectivity index (χ3n) is 2.10. The SMILES string of the molecule is O=C1CCSCc2ccc(Br)cc21. The van der Waals surface area contributed by atoms with Crippen LogP contribution >= 0.6 is 27.7 Å². The van der Waals surface area contributed by atoms with E-state index in [0.717, 1.165) is 21.5 Å². The molecule has 0 aliphatic carbocycles. The predicted octanol–water partition coefficient (Wildman–Crippen LogP) is 3.27. The van der Waals surface area contributed by atoms with Crippen LogP contribution < -0.4 is 0 Å². The predicted molar refractivity (Wildman–Crippen MR) is 59.3 cm³/mol. The number of carbonyl (C=O) groups excluding carboxylic acids is 1. The number of hydrogen-bond acceptors (Lipinski definition) is 2. The zero-order chi connectivity index (χ0) is 9.26. The Balaban J connectivity index is 2.49. The summed E-state index contributed by atoms with van der Waals surface area (Å²) in [6.07, 6.45) is 0.675. The molecule has 0 N–H and O–H groups in total. The molecule has 2 rings (SSSR count). The molecule has 0 amide bonds. The average Bonchev–Trinajstić information content (AvgIpc) is 2.29. The second-order valence-electron chi connectivity index (χ2n) is 3.03. The number of fused-ring (bicyclic) bond motifs is 1. The van der Waals surface area contributed by atoms with Crippen molar-refractivity contribution in [2.45, 2.75) is 12.2 Å². The lowest BCUT2D eigenvalue weighted by molar-refractivity contribution is 0.0989. The minimum absolute atomic E-state index is 0.279. The Morgan fingerprint density at radius 1 is 1.38 bits per heavy atom. The topological polar surface area (TPSA) is 17.1 Å². The van der Waals surface area contributed by atoms with Gasteiger partial charge in [0, 0.05) is 28.0 Å². The second-order valence-corrected chi connectivity index (χ2v) is 5.05. The van der Waals surface area contributed by atoms with Crippen molar-refractivity contribution in [3.05, 3.63) is 33.8 Å². The van der Waals surface area contributed by atoms with Gasteiger partial charge in [-0.1, -0.05) is 22.0 Å². The minimum atomic E-state index is 0.279. The molecule has 1 nitrogen and oxygen atoms in total. The summed E-state index contributed by atoms with van der Waals surface area (Å²) in [5.41, 5.74) is 2.08. The summed E-state index contributed by atoms with van der Waals surface area (Å²) in [7, 11) is 0. The molecule has 0 fully saturated rings. The maximum atomic E-state index is 11.6. The Hall–Kier alpha value is -0.280. The van der Waals surface area contributed by atoms with Crippen LogP contribution in [-0.2, 0) is 5.75 Å². The van der Waals surface area contributed by atoms with E-state index < -0.39 is 0 Å². The molecule has 0 bridgehead atoms. The lowest BCUT2D eigenvalue weighted by Gasteiger charge is -2.03. The number of carbonyl (C=O) groups is 1. The van der Waals surface area contributed by atoms with Gasteiger partial charge in [0.05, 0.1) is 0 Å². The van der Waals surface area contributed by atoms with Crippen LogP contribution in [0.25, 0.3) is 0 Å². The van der Waals surface area contributed by atoms with Gasteiger partial charge in [-0.25, -0.2) is 0 Å². The Labute approximate surface area is 90.0 Å². The van der Waals surface area contributed by atoms with Crippen LogP contribution in [0.2, 0.25) is 0 Å². The molecule has 0 saturated carbocycles. The molecule has 0 radical (unpaired) electrons. The van der Waals surface area contributed by atoms with Crippen molar-refractivity contribution in [1.29, 1.82) is 0 Å². The summed E-state index contributed by atoms with van der Waals surface area (Å²) in [6.45, 7) is 0. The average molecular weight is 257 g/mol. The highest BCUT2D eigenvalue weighted by Gasteiger charge is 2.15. The molecule has 1 aromatic rings. The molecular weight excluding hydrogens is 248 g/mol. The Morgan fingerprint density at radius 3 is 3.08 bits per heavy atom. The van der Waals surface area contributed by atoms with Crippen molar-refractivity contribution in [3.63, 3.8) is 0 Å². The lowest BCUT2D eigenvalue weighted by Crippen LogP contribution is -2.00. The van der Waals surface area contributed by atoms with E-state index in [4.69, 9.17) is 0 Å². The van der Waals surface area contributed by atoms with Crippen molar-refractivity contribution in [2.75, 3.05) is 5.75 Å². The number of Topliss-reactive ketones (excluding diaryl/α,β-unsaturated/α-hetero) is 1. The quantitative estimate of drug-likeness (QED) is 0.709. The number of rotatable bonds is 0. The summed E-state index contributed by atoms with van der Waals surface area (Å²) < 4.78 is 0.992. The van der Waals surface area contributed by atoms with Crippen molar-refractivity contribution in [3.8, 4) is 0 Å². The normalized spacial score (nSPS) is 16.5. The van der Waals surface area contributed by atoms with E-state index in [-0.39, 0.29) is 5.78 Å². The smallest absolute Gasteiger partial charge is 0.164 e. The summed E-state index contributed by atoms with van der Waals surface area (Å²) in [4.78, 5) is 11.6.